The minimum atomic E-state index is -0.646. The van der Waals surface area contributed by atoms with Crippen LogP contribution in [0.1, 0.15) is 37.7 Å². The molecule has 0 fully saturated rings. The highest BCUT2D eigenvalue weighted by Gasteiger charge is 2.14. The first-order chi connectivity index (χ1) is 14.3. The van der Waals surface area contributed by atoms with E-state index in [0.717, 1.165) is 17.0 Å². The van der Waals surface area contributed by atoms with Crippen LogP contribution in [-0.4, -0.2) is 41.5 Å². The van der Waals surface area contributed by atoms with E-state index in [9.17, 15) is 14.4 Å². The number of ether oxygens (including phenoxy) is 2. The normalized spacial score (nSPS) is 10.5. The third-order valence-corrected chi connectivity index (χ3v) is 4.58. The lowest BCUT2D eigenvalue weighted by molar-refractivity contribution is -0.119. The molecular weight excluding hydrogens is 386 g/mol. The third kappa shape index (κ3) is 4.60. The van der Waals surface area contributed by atoms with Crippen LogP contribution in [0.4, 0.5) is 5.69 Å². The van der Waals surface area contributed by atoms with Gasteiger partial charge in [0.25, 0.3) is 5.91 Å². The molecule has 0 bridgehead atoms. The van der Waals surface area contributed by atoms with E-state index in [0.29, 0.717) is 22.3 Å². The average Bonchev–Trinajstić information content (AvgIpc) is 2.73. The molecule has 0 aliphatic heterocycles. The Morgan fingerprint density at radius 2 is 1.50 bits per heavy atom. The second-order valence-corrected chi connectivity index (χ2v) is 6.74. The number of methoxy groups -OCH3 is 1. The number of hydrogen-bond acceptors (Lipinski definition) is 7. The molecule has 2 aromatic carbocycles. The lowest BCUT2D eigenvalue weighted by Gasteiger charge is -2.11. The molecule has 8 nitrogen and oxygen atoms in total. The van der Waals surface area contributed by atoms with Gasteiger partial charge in [-0.05, 0) is 56.7 Å². The average molecular weight is 407 g/mol. The Bertz CT molecular complexity index is 1160. The van der Waals surface area contributed by atoms with Gasteiger partial charge in [-0.3, -0.25) is 4.79 Å². The van der Waals surface area contributed by atoms with Gasteiger partial charge in [0.05, 0.1) is 40.7 Å². The van der Waals surface area contributed by atoms with Crippen LogP contribution in [0.15, 0.2) is 36.4 Å². The van der Waals surface area contributed by atoms with E-state index in [1.807, 2.05) is 13.8 Å². The number of nitrogens with zero attached hydrogens (tertiary/aromatic N) is 2. The van der Waals surface area contributed by atoms with Crippen LogP contribution in [0.3, 0.4) is 0 Å². The summed E-state index contributed by atoms with van der Waals surface area (Å²) in [5.74, 6) is -1.69. The molecule has 154 valence electrons. The molecule has 0 unspecified atom stereocenters. The smallest absolute Gasteiger partial charge is 0.338 e. The predicted octanol–water partition coefficient (Wildman–Crippen LogP) is 3.14. The molecule has 0 saturated carbocycles. The molecule has 0 aliphatic rings. The Hall–Kier alpha value is -3.81. The minimum absolute atomic E-state index is 0.275. The largest absolute Gasteiger partial charge is 0.465 e. The van der Waals surface area contributed by atoms with Crippen molar-refractivity contribution in [2.45, 2.75) is 20.8 Å². The molecule has 1 heterocycles. The Kier molecular flexibility index (Phi) is 6.06. The van der Waals surface area contributed by atoms with Crippen molar-refractivity contribution in [3.05, 3.63) is 64.5 Å². The van der Waals surface area contributed by atoms with E-state index in [2.05, 4.69) is 20.0 Å². The van der Waals surface area contributed by atoms with Gasteiger partial charge in [0.15, 0.2) is 6.61 Å². The Balaban J connectivity index is 1.66. The number of rotatable bonds is 5. The van der Waals surface area contributed by atoms with Gasteiger partial charge < -0.3 is 14.8 Å². The van der Waals surface area contributed by atoms with Crippen molar-refractivity contribution in [2.24, 2.45) is 0 Å². The summed E-state index contributed by atoms with van der Waals surface area (Å²) in [7, 11) is 1.28. The van der Waals surface area contributed by atoms with E-state index in [4.69, 9.17) is 4.74 Å². The molecule has 1 aromatic heterocycles. The molecule has 3 rings (SSSR count). The van der Waals surface area contributed by atoms with E-state index >= 15 is 0 Å². The van der Waals surface area contributed by atoms with E-state index in [1.54, 1.807) is 37.3 Å². The van der Waals surface area contributed by atoms with Crippen molar-refractivity contribution < 1.29 is 23.9 Å². The molecule has 1 N–H and O–H groups in total. The van der Waals surface area contributed by atoms with Gasteiger partial charge in [-0.2, -0.15) is 0 Å². The Morgan fingerprint density at radius 1 is 0.867 bits per heavy atom. The van der Waals surface area contributed by atoms with Crippen LogP contribution >= 0.6 is 0 Å². The summed E-state index contributed by atoms with van der Waals surface area (Å²) in [6.07, 6.45) is 0. The monoisotopic (exact) mass is 407 g/mol. The fourth-order valence-electron chi connectivity index (χ4n) is 2.76. The molecule has 8 heteroatoms. The van der Waals surface area contributed by atoms with Crippen molar-refractivity contribution in [2.75, 3.05) is 19.0 Å². The summed E-state index contributed by atoms with van der Waals surface area (Å²) < 4.78 is 9.79. The van der Waals surface area contributed by atoms with Crippen LogP contribution in [0.25, 0.3) is 11.0 Å². The summed E-state index contributed by atoms with van der Waals surface area (Å²) in [4.78, 5) is 45.0. The summed E-state index contributed by atoms with van der Waals surface area (Å²) in [5.41, 5.74) is 4.61. The maximum atomic E-state index is 12.3. The summed E-state index contributed by atoms with van der Waals surface area (Å²) >= 11 is 0. The molecule has 0 spiro atoms. The number of benzene rings is 2. The number of fused-ring (bicyclic) bond motifs is 1. The zero-order valence-electron chi connectivity index (χ0n) is 17.1. The topological polar surface area (TPSA) is 107 Å². The number of esters is 2. The molecule has 0 aliphatic carbocycles. The molecular formula is C22H21N3O5. The number of carbonyl (C=O) groups is 3. The first-order valence-electron chi connectivity index (χ1n) is 9.19. The first-order valence-corrected chi connectivity index (χ1v) is 9.19. The van der Waals surface area contributed by atoms with Crippen molar-refractivity contribution in [3.63, 3.8) is 0 Å². The third-order valence-electron chi connectivity index (χ3n) is 4.58. The van der Waals surface area contributed by atoms with Crippen LogP contribution in [0.2, 0.25) is 0 Å². The SMILES string of the molecule is COC(=O)c1ccc(C)c(NC(=O)COC(=O)c2ccc3nc(C)c(C)nc3c2)c1. The number of hydrogen-bond donors (Lipinski definition) is 1. The van der Waals surface area contributed by atoms with Crippen molar-refractivity contribution in [1.82, 2.24) is 9.97 Å². The zero-order chi connectivity index (χ0) is 21.8. The van der Waals surface area contributed by atoms with Gasteiger partial charge in [-0.1, -0.05) is 6.07 Å². The number of anilines is 1. The highest BCUT2D eigenvalue weighted by atomic mass is 16.5. The van der Waals surface area contributed by atoms with Gasteiger partial charge in [0.1, 0.15) is 0 Å². The number of aromatic nitrogens is 2. The van der Waals surface area contributed by atoms with Crippen LogP contribution in [0, 0.1) is 20.8 Å². The Labute approximate surface area is 173 Å². The minimum Gasteiger partial charge on any atom is -0.465 e. The van der Waals surface area contributed by atoms with Crippen LogP contribution in [-0.2, 0) is 14.3 Å². The highest BCUT2D eigenvalue weighted by Crippen LogP contribution is 2.18. The first kappa shape index (κ1) is 20.9. The summed E-state index contributed by atoms with van der Waals surface area (Å²) in [6, 6.07) is 9.64. The quantitative estimate of drug-likeness (QED) is 0.647. The van der Waals surface area contributed by atoms with E-state index in [1.165, 1.54) is 13.2 Å². The number of amides is 1. The van der Waals surface area contributed by atoms with Gasteiger partial charge in [0, 0.05) is 5.69 Å². The molecule has 3 aromatic rings. The van der Waals surface area contributed by atoms with Gasteiger partial charge >= 0.3 is 11.9 Å². The fraction of sp³-hybridized carbons (Fsp3) is 0.227. The standard InChI is InChI=1S/C22H21N3O5/c1-12-5-6-15(21(27)29-4)9-18(12)25-20(26)11-30-22(28)16-7-8-17-19(10-16)24-14(3)13(2)23-17/h5-10H,11H2,1-4H3,(H,25,26). The van der Waals surface area contributed by atoms with E-state index in [-0.39, 0.29) is 5.56 Å². The number of aryl methyl sites for hydroxylation is 3. The van der Waals surface area contributed by atoms with Crippen molar-refractivity contribution in [3.8, 4) is 0 Å². The molecule has 0 atom stereocenters. The molecule has 30 heavy (non-hydrogen) atoms. The van der Waals surface area contributed by atoms with Crippen LogP contribution < -0.4 is 5.32 Å². The van der Waals surface area contributed by atoms with Crippen LogP contribution in [0.5, 0.6) is 0 Å². The molecule has 0 saturated heterocycles. The highest BCUT2D eigenvalue weighted by molar-refractivity contribution is 5.98. The Morgan fingerprint density at radius 3 is 2.20 bits per heavy atom. The molecule has 1 amide bonds. The number of nitrogens with one attached hydrogen (secondary N) is 1. The second-order valence-electron chi connectivity index (χ2n) is 6.74. The lowest BCUT2D eigenvalue weighted by atomic mass is 10.1. The summed E-state index contributed by atoms with van der Waals surface area (Å²) in [5, 5.41) is 2.63. The van der Waals surface area contributed by atoms with Crippen molar-refractivity contribution >= 4 is 34.6 Å². The summed E-state index contributed by atoms with van der Waals surface area (Å²) in [6.45, 7) is 5.01. The second kappa shape index (κ2) is 8.69. The van der Waals surface area contributed by atoms with E-state index < -0.39 is 24.5 Å². The maximum Gasteiger partial charge on any atom is 0.338 e. The maximum absolute atomic E-state index is 12.3. The van der Waals surface area contributed by atoms with Gasteiger partial charge in [0.2, 0.25) is 0 Å². The predicted molar refractivity (Wildman–Crippen MR) is 110 cm³/mol. The van der Waals surface area contributed by atoms with Gasteiger partial charge in [-0.25, -0.2) is 19.6 Å². The van der Waals surface area contributed by atoms with Crippen molar-refractivity contribution in [1.29, 1.82) is 0 Å². The lowest BCUT2D eigenvalue weighted by Crippen LogP contribution is -2.21. The van der Waals surface area contributed by atoms with Gasteiger partial charge in [-0.15, -0.1) is 0 Å². The molecule has 0 radical (unpaired) electrons. The fourth-order valence-corrected chi connectivity index (χ4v) is 2.76. The zero-order valence-corrected chi connectivity index (χ0v) is 17.1. The number of carbonyl (C=O) groups excluding carboxylic acids is 3.